The van der Waals surface area contributed by atoms with E-state index < -0.39 is 5.60 Å². The SMILES string of the molecule is C=C1C(=O)O[C@@H]2C=C(C)[C@@H]3[C@@H](OC(C)=O)C[C@@](C)(O)[C@@H]3C[C@H]12. The number of carbonyl (C=O) groups is 2. The summed E-state index contributed by atoms with van der Waals surface area (Å²) in [6, 6.07) is 0. The van der Waals surface area contributed by atoms with Crippen molar-refractivity contribution in [3.05, 3.63) is 23.8 Å². The van der Waals surface area contributed by atoms with Crippen LogP contribution in [-0.4, -0.2) is 34.9 Å². The fourth-order valence-electron chi connectivity index (χ4n) is 4.37. The van der Waals surface area contributed by atoms with Crippen molar-refractivity contribution < 1.29 is 24.2 Å². The van der Waals surface area contributed by atoms with E-state index >= 15 is 0 Å². The largest absolute Gasteiger partial charge is 0.462 e. The molecule has 3 rings (SSSR count). The van der Waals surface area contributed by atoms with E-state index in [2.05, 4.69) is 6.58 Å². The second-order valence-corrected chi connectivity index (χ2v) is 6.99. The van der Waals surface area contributed by atoms with Gasteiger partial charge in [0, 0.05) is 30.8 Å². The molecular formula is C17H22O5. The third-order valence-electron chi connectivity index (χ3n) is 5.37. The summed E-state index contributed by atoms with van der Waals surface area (Å²) in [6.45, 7) is 8.96. The molecular weight excluding hydrogens is 284 g/mol. The van der Waals surface area contributed by atoms with E-state index in [9.17, 15) is 14.7 Å². The highest BCUT2D eigenvalue weighted by molar-refractivity contribution is 5.91. The lowest BCUT2D eigenvalue weighted by atomic mass is 9.78. The van der Waals surface area contributed by atoms with Gasteiger partial charge in [0.25, 0.3) is 0 Å². The highest BCUT2D eigenvalue weighted by Gasteiger charge is 2.55. The van der Waals surface area contributed by atoms with Gasteiger partial charge in [-0.25, -0.2) is 4.79 Å². The summed E-state index contributed by atoms with van der Waals surface area (Å²) in [7, 11) is 0. The molecule has 5 nitrogen and oxygen atoms in total. The number of hydrogen-bond acceptors (Lipinski definition) is 5. The molecule has 5 heteroatoms. The van der Waals surface area contributed by atoms with Crippen LogP contribution >= 0.6 is 0 Å². The van der Waals surface area contributed by atoms with Crippen LogP contribution in [0, 0.1) is 17.8 Å². The van der Waals surface area contributed by atoms with Gasteiger partial charge in [0.1, 0.15) is 12.2 Å². The first kappa shape index (κ1) is 15.3. The van der Waals surface area contributed by atoms with E-state index in [4.69, 9.17) is 9.47 Å². The van der Waals surface area contributed by atoms with Crippen molar-refractivity contribution in [2.24, 2.45) is 17.8 Å². The highest BCUT2D eigenvalue weighted by atomic mass is 16.6. The molecule has 1 N–H and O–H groups in total. The number of rotatable bonds is 1. The molecule has 3 aliphatic rings. The molecule has 120 valence electrons. The molecule has 1 heterocycles. The van der Waals surface area contributed by atoms with Crippen LogP contribution in [0.1, 0.15) is 33.6 Å². The number of hydrogen-bond donors (Lipinski definition) is 1. The van der Waals surface area contributed by atoms with Crippen molar-refractivity contribution >= 4 is 11.9 Å². The molecule has 0 spiro atoms. The van der Waals surface area contributed by atoms with Crippen molar-refractivity contribution in [2.75, 3.05) is 0 Å². The molecule has 0 bridgehead atoms. The molecule has 0 aromatic rings. The maximum Gasteiger partial charge on any atom is 0.334 e. The first-order chi connectivity index (χ1) is 10.2. The lowest BCUT2D eigenvalue weighted by Gasteiger charge is -2.30. The Kier molecular flexibility index (Phi) is 3.44. The van der Waals surface area contributed by atoms with E-state index in [0.717, 1.165) is 5.57 Å². The molecule has 1 aliphatic heterocycles. The van der Waals surface area contributed by atoms with Gasteiger partial charge in [0.05, 0.1) is 5.60 Å². The maximum absolute atomic E-state index is 11.7. The normalized spacial score (nSPS) is 43.8. The van der Waals surface area contributed by atoms with Crippen LogP contribution in [0.5, 0.6) is 0 Å². The van der Waals surface area contributed by atoms with E-state index in [1.54, 1.807) is 6.92 Å². The molecule has 1 saturated heterocycles. The minimum atomic E-state index is -0.944. The van der Waals surface area contributed by atoms with Gasteiger partial charge < -0.3 is 14.6 Å². The van der Waals surface area contributed by atoms with Crippen molar-refractivity contribution in [1.29, 1.82) is 0 Å². The molecule has 1 saturated carbocycles. The molecule has 2 fully saturated rings. The van der Waals surface area contributed by atoms with Crippen LogP contribution in [0.2, 0.25) is 0 Å². The standard InChI is InChI=1S/C17H22O5/c1-8-5-13-11(9(2)16(19)22-13)6-12-15(8)14(21-10(3)18)7-17(12,4)20/h5,11-15,20H,2,6-7H2,1,3-4H3/t11-,12-,13-,14+,15+,17-/m1/s1. The van der Waals surface area contributed by atoms with Gasteiger partial charge >= 0.3 is 11.9 Å². The van der Waals surface area contributed by atoms with Gasteiger partial charge in [0.2, 0.25) is 0 Å². The van der Waals surface area contributed by atoms with E-state index in [0.29, 0.717) is 18.4 Å². The lowest BCUT2D eigenvalue weighted by Crippen LogP contribution is -2.33. The summed E-state index contributed by atoms with van der Waals surface area (Å²) in [4.78, 5) is 23.1. The van der Waals surface area contributed by atoms with E-state index in [-0.39, 0.29) is 41.9 Å². The van der Waals surface area contributed by atoms with E-state index in [1.165, 1.54) is 6.92 Å². The van der Waals surface area contributed by atoms with Gasteiger partial charge in [-0.2, -0.15) is 0 Å². The average molecular weight is 306 g/mol. The summed E-state index contributed by atoms with van der Waals surface area (Å²) in [5.41, 5.74) is 0.534. The Morgan fingerprint density at radius 3 is 2.86 bits per heavy atom. The molecule has 2 aliphatic carbocycles. The topological polar surface area (TPSA) is 72.8 Å². The summed E-state index contributed by atoms with van der Waals surface area (Å²) in [6.07, 6.45) is 2.30. The Hall–Kier alpha value is -1.62. The fraction of sp³-hybridized carbons (Fsp3) is 0.647. The predicted molar refractivity (Wildman–Crippen MR) is 78.7 cm³/mol. The minimum absolute atomic E-state index is 0.0454. The van der Waals surface area contributed by atoms with Crippen LogP contribution in [0.15, 0.2) is 23.8 Å². The number of aliphatic hydroxyl groups is 1. The van der Waals surface area contributed by atoms with Crippen molar-refractivity contribution in [2.45, 2.75) is 51.4 Å². The molecule has 0 unspecified atom stereocenters. The second-order valence-electron chi connectivity index (χ2n) is 6.99. The number of ether oxygens (including phenoxy) is 2. The number of carbonyl (C=O) groups excluding carboxylic acids is 2. The second kappa shape index (κ2) is 4.95. The van der Waals surface area contributed by atoms with E-state index in [1.807, 2.05) is 13.0 Å². The van der Waals surface area contributed by atoms with Crippen molar-refractivity contribution in [3.8, 4) is 0 Å². The predicted octanol–water partition coefficient (Wildman–Crippen LogP) is 1.75. The van der Waals surface area contributed by atoms with Gasteiger partial charge in [0.15, 0.2) is 0 Å². The Bertz CT molecular complexity index is 574. The Morgan fingerprint density at radius 1 is 1.55 bits per heavy atom. The highest BCUT2D eigenvalue weighted by Crippen LogP contribution is 2.52. The third kappa shape index (κ3) is 2.28. The summed E-state index contributed by atoms with van der Waals surface area (Å²) < 4.78 is 10.8. The van der Waals surface area contributed by atoms with Crippen LogP contribution in [0.25, 0.3) is 0 Å². The van der Waals surface area contributed by atoms with Crippen LogP contribution in [0.3, 0.4) is 0 Å². The number of fused-ring (bicyclic) bond motifs is 2. The fourth-order valence-corrected chi connectivity index (χ4v) is 4.37. The molecule has 0 aromatic heterocycles. The Balaban J connectivity index is 1.98. The molecule has 22 heavy (non-hydrogen) atoms. The zero-order valence-electron chi connectivity index (χ0n) is 13.2. The molecule has 6 atom stereocenters. The summed E-state index contributed by atoms with van der Waals surface area (Å²) in [5, 5.41) is 10.8. The number of esters is 2. The summed E-state index contributed by atoms with van der Waals surface area (Å²) in [5.74, 6) is -0.938. The third-order valence-corrected chi connectivity index (χ3v) is 5.37. The van der Waals surface area contributed by atoms with Gasteiger partial charge in [-0.1, -0.05) is 12.2 Å². The van der Waals surface area contributed by atoms with Gasteiger partial charge in [-0.15, -0.1) is 0 Å². The Labute approximate surface area is 130 Å². The molecule has 0 radical (unpaired) electrons. The van der Waals surface area contributed by atoms with Crippen LogP contribution in [0.4, 0.5) is 0 Å². The van der Waals surface area contributed by atoms with Crippen molar-refractivity contribution in [1.82, 2.24) is 0 Å². The first-order valence-electron chi connectivity index (χ1n) is 7.68. The molecule has 0 amide bonds. The molecule has 0 aromatic carbocycles. The lowest BCUT2D eigenvalue weighted by molar-refractivity contribution is -0.148. The van der Waals surface area contributed by atoms with Crippen molar-refractivity contribution in [3.63, 3.8) is 0 Å². The zero-order chi connectivity index (χ0) is 16.2. The Morgan fingerprint density at radius 2 is 2.23 bits per heavy atom. The monoisotopic (exact) mass is 306 g/mol. The quantitative estimate of drug-likeness (QED) is 0.454. The summed E-state index contributed by atoms with van der Waals surface area (Å²) >= 11 is 0. The van der Waals surface area contributed by atoms with Crippen LogP contribution < -0.4 is 0 Å². The van der Waals surface area contributed by atoms with Gasteiger partial charge in [-0.3, -0.25) is 4.79 Å². The average Bonchev–Trinajstić information content (AvgIpc) is 2.71. The first-order valence-corrected chi connectivity index (χ1v) is 7.68. The van der Waals surface area contributed by atoms with Gasteiger partial charge in [-0.05, 0) is 32.3 Å². The minimum Gasteiger partial charge on any atom is -0.462 e. The van der Waals surface area contributed by atoms with Crippen LogP contribution in [-0.2, 0) is 19.1 Å². The maximum atomic E-state index is 11.7. The zero-order valence-corrected chi connectivity index (χ0v) is 13.2. The smallest absolute Gasteiger partial charge is 0.334 e.